The van der Waals surface area contributed by atoms with Gasteiger partial charge in [0.05, 0.1) is 0 Å². The van der Waals surface area contributed by atoms with Crippen molar-refractivity contribution in [2.24, 2.45) is 5.73 Å². The van der Waals surface area contributed by atoms with Crippen LogP contribution in [0.5, 0.6) is 0 Å². The van der Waals surface area contributed by atoms with Crippen LogP contribution in [-0.2, 0) is 6.42 Å². The minimum atomic E-state index is 0.302. The van der Waals surface area contributed by atoms with Crippen LogP contribution in [0.1, 0.15) is 23.6 Å². The zero-order chi connectivity index (χ0) is 15.2. The predicted octanol–water partition coefficient (Wildman–Crippen LogP) is 4.99. The average Bonchev–Trinajstić information content (AvgIpc) is 2.99. The number of aryl methyl sites for hydroxylation is 1. The Labute approximate surface area is 132 Å². The molecule has 22 heavy (non-hydrogen) atoms. The Morgan fingerprint density at radius 2 is 1.14 bits per heavy atom. The summed E-state index contributed by atoms with van der Waals surface area (Å²) < 4.78 is 0. The van der Waals surface area contributed by atoms with Gasteiger partial charge in [-0.1, -0.05) is 84.9 Å². The lowest BCUT2D eigenvalue weighted by molar-refractivity contribution is 0.713. The standard InChI is InChI=1S/C12H10.C9H11N/c1-3-7-11(8-4-1)12-9-5-2-6-10-12;10-9-6-5-7-3-1-2-4-8(7)9/h1-10H;1-4,9H,5-6,10H2. The number of rotatable bonds is 1. The van der Waals surface area contributed by atoms with Crippen molar-refractivity contribution in [1.82, 2.24) is 0 Å². The Bertz CT molecular complexity index is 667. The minimum absolute atomic E-state index is 0.302. The van der Waals surface area contributed by atoms with Crippen LogP contribution in [0, 0.1) is 0 Å². The van der Waals surface area contributed by atoms with Crippen LogP contribution in [0.25, 0.3) is 11.1 Å². The predicted molar refractivity (Wildman–Crippen MR) is 93.6 cm³/mol. The molecule has 0 radical (unpaired) electrons. The molecule has 1 aliphatic rings. The maximum absolute atomic E-state index is 5.85. The number of nitrogens with two attached hydrogens (primary N) is 1. The maximum atomic E-state index is 5.85. The molecule has 0 saturated heterocycles. The molecule has 1 atom stereocenters. The first-order chi connectivity index (χ1) is 10.8. The van der Waals surface area contributed by atoms with E-state index in [-0.39, 0.29) is 0 Å². The number of fused-ring (bicyclic) bond motifs is 1. The molecule has 0 spiro atoms. The summed E-state index contributed by atoms with van der Waals surface area (Å²) in [6, 6.07) is 29.5. The van der Waals surface area contributed by atoms with Crippen LogP contribution in [0.4, 0.5) is 0 Å². The maximum Gasteiger partial charge on any atom is 0.0300 e. The van der Waals surface area contributed by atoms with Crippen LogP contribution in [0.3, 0.4) is 0 Å². The van der Waals surface area contributed by atoms with Crippen molar-refractivity contribution >= 4 is 0 Å². The first-order valence-electron chi connectivity index (χ1n) is 7.78. The van der Waals surface area contributed by atoms with Crippen LogP contribution >= 0.6 is 0 Å². The summed E-state index contributed by atoms with van der Waals surface area (Å²) in [5, 5.41) is 0. The van der Waals surface area contributed by atoms with E-state index in [0.29, 0.717) is 6.04 Å². The van der Waals surface area contributed by atoms with E-state index in [4.69, 9.17) is 5.73 Å². The first-order valence-corrected chi connectivity index (χ1v) is 7.78. The molecule has 0 aliphatic heterocycles. The molecule has 4 rings (SSSR count). The molecule has 3 aromatic carbocycles. The minimum Gasteiger partial charge on any atom is -0.324 e. The Morgan fingerprint density at radius 3 is 1.68 bits per heavy atom. The van der Waals surface area contributed by atoms with E-state index >= 15 is 0 Å². The van der Waals surface area contributed by atoms with Gasteiger partial charge < -0.3 is 5.73 Å². The number of hydrogen-bond acceptors (Lipinski definition) is 1. The number of benzene rings is 3. The average molecular weight is 287 g/mol. The summed E-state index contributed by atoms with van der Waals surface area (Å²) in [6.45, 7) is 0. The van der Waals surface area contributed by atoms with Crippen LogP contribution in [-0.4, -0.2) is 0 Å². The van der Waals surface area contributed by atoms with Gasteiger partial charge in [-0.05, 0) is 35.1 Å². The third kappa shape index (κ3) is 3.44. The van der Waals surface area contributed by atoms with E-state index in [1.54, 1.807) is 0 Å². The monoisotopic (exact) mass is 287 g/mol. The summed E-state index contributed by atoms with van der Waals surface area (Å²) in [5.74, 6) is 0. The van der Waals surface area contributed by atoms with E-state index < -0.39 is 0 Å². The molecule has 1 heteroatoms. The van der Waals surface area contributed by atoms with Gasteiger partial charge in [0.1, 0.15) is 0 Å². The fourth-order valence-corrected chi connectivity index (χ4v) is 2.85. The third-order valence-corrected chi connectivity index (χ3v) is 4.06. The molecular weight excluding hydrogens is 266 g/mol. The van der Waals surface area contributed by atoms with Gasteiger partial charge in [0.15, 0.2) is 0 Å². The van der Waals surface area contributed by atoms with E-state index in [1.807, 2.05) is 12.1 Å². The second-order valence-corrected chi connectivity index (χ2v) is 5.58. The smallest absolute Gasteiger partial charge is 0.0300 e. The fraction of sp³-hybridized carbons (Fsp3) is 0.143. The molecule has 0 saturated carbocycles. The molecule has 3 aromatic rings. The summed E-state index contributed by atoms with van der Waals surface area (Å²) in [4.78, 5) is 0. The van der Waals surface area contributed by atoms with Crippen molar-refractivity contribution in [2.75, 3.05) is 0 Å². The van der Waals surface area contributed by atoms with Crippen molar-refractivity contribution in [3.05, 3.63) is 96.1 Å². The lowest BCUT2D eigenvalue weighted by Crippen LogP contribution is -2.04. The molecule has 0 heterocycles. The zero-order valence-corrected chi connectivity index (χ0v) is 12.7. The molecule has 110 valence electrons. The van der Waals surface area contributed by atoms with Crippen molar-refractivity contribution < 1.29 is 0 Å². The van der Waals surface area contributed by atoms with Gasteiger partial charge in [-0.15, -0.1) is 0 Å². The normalized spacial score (nSPS) is 15.6. The van der Waals surface area contributed by atoms with Gasteiger partial charge in [0.2, 0.25) is 0 Å². The van der Waals surface area contributed by atoms with E-state index in [1.165, 1.54) is 22.3 Å². The Kier molecular flexibility index (Phi) is 4.67. The van der Waals surface area contributed by atoms with Gasteiger partial charge in [0, 0.05) is 6.04 Å². The first kappa shape index (κ1) is 14.6. The van der Waals surface area contributed by atoms with E-state index in [9.17, 15) is 0 Å². The van der Waals surface area contributed by atoms with E-state index in [2.05, 4.69) is 72.8 Å². The topological polar surface area (TPSA) is 26.0 Å². The van der Waals surface area contributed by atoms with E-state index in [0.717, 1.165) is 12.8 Å². The molecule has 1 nitrogen and oxygen atoms in total. The molecule has 0 bridgehead atoms. The summed E-state index contributed by atoms with van der Waals surface area (Å²) in [7, 11) is 0. The third-order valence-electron chi connectivity index (χ3n) is 4.06. The van der Waals surface area contributed by atoms with Crippen LogP contribution < -0.4 is 5.73 Å². The highest BCUT2D eigenvalue weighted by molar-refractivity contribution is 5.62. The second kappa shape index (κ2) is 7.06. The SMILES string of the molecule is NC1CCc2ccccc21.c1ccc(-c2ccccc2)cc1. The van der Waals surface area contributed by atoms with Gasteiger partial charge in [-0.25, -0.2) is 0 Å². The highest BCUT2D eigenvalue weighted by Gasteiger charge is 2.16. The van der Waals surface area contributed by atoms with Crippen molar-refractivity contribution in [2.45, 2.75) is 18.9 Å². The Hall–Kier alpha value is -2.38. The quantitative estimate of drug-likeness (QED) is 0.670. The van der Waals surface area contributed by atoms with Gasteiger partial charge in [-0.3, -0.25) is 0 Å². The van der Waals surface area contributed by atoms with Crippen LogP contribution in [0.15, 0.2) is 84.9 Å². The highest BCUT2D eigenvalue weighted by atomic mass is 14.6. The summed E-state index contributed by atoms with van der Waals surface area (Å²) in [5.41, 5.74) is 11.2. The summed E-state index contributed by atoms with van der Waals surface area (Å²) in [6.07, 6.45) is 2.29. The lowest BCUT2D eigenvalue weighted by Gasteiger charge is -2.01. The summed E-state index contributed by atoms with van der Waals surface area (Å²) >= 11 is 0. The fourth-order valence-electron chi connectivity index (χ4n) is 2.85. The largest absolute Gasteiger partial charge is 0.324 e. The van der Waals surface area contributed by atoms with Gasteiger partial charge in [0.25, 0.3) is 0 Å². The molecule has 0 fully saturated rings. The molecule has 0 aromatic heterocycles. The van der Waals surface area contributed by atoms with Crippen molar-refractivity contribution in [3.63, 3.8) is 0 Å². The number of hydrogen-bond donors (Lipinski definition) is 1. The molecule has 0 amide bonds. The molecular formula is C21H21N. The lowest BCUT2D eigenvalue weighted by atomic mass is 10.1. The molecule has 1 aliphatic carbocycles. The van der Waals surface area contributed by atoms with Gasteiger partial charge in [-0.2, -0.15) is 0 Å². The molecule has 1 unspecified atom stereocenters. The zero-order valence-electron chi connectivity index (χ0n) is 12.7. The second-order valence-electron chi connectivity index (χ2n) is 5.58. The Balaban J connectivity index is 0.000000133. The van der Waals surface area contributed by atoms with Crippen molar-refractivity contribution in [3.8, 4) is 11.1 Å². The van der Waals surface area contributed by atoms with Gasteiger partial charge >= 0.3 is 0 Å². The van der Waals surface area contributed by atoms with Crippen molar-refractivity contribution in [1.29, 1.82) is 0 Å². The van der Waals surface area contributed by atoms with Crippen LogP contribution in [0.2, 0.25) is 0 Å². The highest BCUT2D eigenvalue weighted by Crippen LogP contribution is 2.28. The molecule has 2 N–H and O–H groups in total. The Morgan fingerprint density at radius 1 is 0.636 bits per heavy atom.